The fourth-order valence-electron chi connectivity index (χ4n) is 1.52. The Labute approximate surface area is 135 Å². The third-order valence-corrected chi connectivity index (χ3v) is 2.77. The van der Waals surface area contributed by atoms with E-state index in [-0.39, 0.29) is 5.84 Å². The summed E-state index contributed by atoms with van der Waals surface area (Å²) >= 11 is 3.98. The Hall–Kier alpha value is -2.57. The van der Waals surface area contributed by atoms with E-state index in [1.165, 1.54) is 0 Å². The molecule has 0 aliphatic rings. The predicted octanol–water partition coefficient (Wildman–Crippen LogP) is 2.79. The highest BCUT2D eigenvalue weighted by Crippen LogP contribution is 2.17. The van der Waals surface area contributed by atoms with Gasteiger partial charge in [-0.05, 0) is 46.9 Å². The van der Waals surface area contributed by atoms with Gasteiger partial charge in [-0.2, -0.15) is 12.6 Å². The van der Waals surface area contributed by atoms with Gasteiger partial charge in [0.2, 0.25) is 0 Å². The zero-order valence-electron chi connectivity index (χ0n) is 12.0. The maximum atomic E-state index is 6.95. The fraction of sp³-hybridized carbons (Fsp3) is 0. The van der Waals surface area contributed by atoms with Crippen molar-refractivity contribution in [2.24, 2.45) is 11.6 Å². The number of aromatic nitrogens is 1. The molecule has 2 rings (SSSR count). The number of nitrogen functional groups attached to an aromatic ring is 2. The number of allylic oxidation sites excluding steroid dienone is 2. The third-order valence-electron chi connectivity index (χ3n) is 2.62. The summed E-state index contributed by atoms with van der Waals surface area (Å²) in [7, 11) is 0. The zero-order valence-corrected chi connectivity index (χ0v) is 12.9. The number of benzene rings is 1. The Morgan fingerprint density at radius 3 is 2.55 bits per heavy atom. The van der Waals surface area contributed by atoms with Crippen molar-refractivity contribution in [1.29, 1.82) is 5.41 Å². The molecule has 0 aliphatic heterocycles. The molecule has 1 aromatic heterocycles. The van der Waals surface area contributed by atoms with Gasteiger partial charge in [0.1, 0.15) is 11.5 Å². The molecule has 6 heteroatoms. The second-order valence-corrected chi connectivity index (χ2v) is 4.49. The molecular weight excluding hydrogens is 294 g/mol. The monoisotopic (exact) mass is 313 g/mol. The molecule has 0 saturated carbocycles. The molecular formula is C16H19N5S. The number of anilines is 1. The average Bonchev–Trinajstić information content (AvgIpc) is 2.56. The molecule has 22 heavy (non-hydrogen) atoms. The van der Waals surface area contributed by atoms with Crippen LogP contribution in [0.2, 0.25) is 0 Å². The van der Waals surface area contributed by atoms with Crippen molar-refractivity contribution in [1.82, 2.24) is 4.98 Å². The summed E-state index contributed by atoms with van der Waals surface area (Å²) in [5.74, 6) is 5.29. The Bertz CT molecular complexity index is 653. The van der Waals surface area contributed by atoms with E-state index in [4.69, 9.17) is 17.0 Å². The molecule has 0 atom stereocenters. The third kappa shape index (κ3) is 5.82. The quantitative estimate of drug-likeness (QED) is 0.150. The summed E-state index contributed by atoms with van der Waals surface area (Å²) < 4.78 is 0. The summed E-state index contributed by atoms with van der Waals surface area (Å²) in [5.41, 5.74) is 11.0. The molecule has 1 heterocycles. The molecule has 5 nitrogen and oxygen atoms in total. The van der Waals surface area contributed by atoms with Crippen LogP contribution in [0.3, 0.4) is 0 Å². The molecule has 0 amide bonds. The molecule has 1 aromatic carbocycles. The second-order valence-electron chi connectivity index (χ2n) is 4.19. The number of thiol groups is 1. The van der Waals surface area contributed by atoms with Crippen molar-refractivity contribution >= 4 is 29.7 Å². The minimum Gasteiger partial charge on any atom is -0.382 e. The minimum absolute atomic E-state index is 0.00981. The lowest BCUT2D eigenvalue weighted by Crippen LogP contribution is -2.12. The van der Waals surface area contributed by atoms with E-state index >= 15 is 0 Å². The van der Waals surface area contributed by atoms with Crippen molar-refractivity contribution in [3.05, 3.63) is 78.0 Å². The number of pyridine rings is 1. The Balaban J connectivity index is 0.000000235. The van der Waals surface area contributed by atoms with Crippen LogP contribution >= 0.6 is 12.6 Å². The molecule has 6 N–H and O–H groups in total. The van der Waals surface area contributed by atoms with Crippen LogP contribution in [0.25, 0.3) is 5.57 Å². The lowest BCUT2D eigenvalue weighted by molar-refractivity contribution is 1.26. The Kier molecular flexibility index (Phi) is 7.45. The highest BCUT2D eigenvalue weighted by Gasteiger charge is 1.95. The summed E-state index contributed by atoms with van der Waals surface area (Å²) in [5, 5.41) is 8.61. The van der Waals surface area contributed by atoms with E-state index in [1.54, 1.807) is 29.8 Å². The molecule has 0 aliphatic carbocycles. The summed E-state index contributed by atoms with van der Waals surface area (Å²) in [6.45, 7) is 3.89. The molecule has 0 radical (unpaired) electrons. The number of hydrogen-bond acceptors (Lipinski definition) is 5. The van der Waals surface area contributed by atoms with E-state index in [0.29, 0.717) is 5.69 Å². The number of nitrogens with two attached hydrogens (primary N) is 2. The number of nitrogens with one attached hydrogen (secondary N) is 2. The van der Waals surface area contributed by atoms with E-state index in [2.05, 4.69) is 29.6 Å². The molecule has 2 aromatic rings. The van der Waals surface area contributed by atoms with Crippen LogP contribution in [-0.2, 0) is 0 Å². The smallest absolute Gasteiger partial charge is 0.141 e. The standard InChI is InChI=1S/C10H12N2S.C6H7N3/c1-8(5-6-13)9-3-2-4-10(7-9)12-11;7-6(8)5-3-1-2-4-9-5/h2-7,12-13H,1,11H2;1-4H,(H3,7,8)/b6-5-;. The second kappa shape index (κ2) is 9.38. The lowest BCUT2D eigenvalue weighted by Gasteiger charge is -2.03. The van der Waals surface area contributed by atoms with Crippen LogP contribution in [0.15, 0.2) is 66.7 Å². The van der Waals surface area contributed by atoms with E-state index in [9.17, 15) is 0 Å². The van der Waals surface area contributed by atoms with Gasteiger partial charge in [-0.25, -0.2) is 0 Å². The van der Waals surface area contributed by atoms with Gasteiger partial charge in [-0.3, -0.25) is 16.2 Å². The summed E-state index contributed by atoms with van der Waals surface area (Å²) in [6.07, 6.45) is 3.44. The first-order valence-corrected chi connectivity index (χ1v) is 6.92. The number of hydrazine groups is 1. The SMILES string of the molecule is C=C(/C=C\S)c1cccc(NN)c1.N=C(N)c1ccccn1. The molecule has 114 valence electrons. The van der Waals surface area contributed by atoms with Crippen molar-refractivity contribution in [2.45, 2.75) is 0 Å². The number of nitrogens with zero attached hydrogens (tertiary/aromatic N) is 1. The van der Waals surface area contributed by atoms with Crippen LogP contribution in [0.4, 0.5) is 5.69 Å². The van der Waals surface area contributed by atoms with Crippen LogP contribution < -0.4 is 17.0 Å². The maximum Gasteiger partial charge on any atom is 0.141 e. The first-order valence-electron chi connectivity index (χ1n) is 6.40. The van der Waals surface area contributed by atoms with Crippen LogP contribution in [0.1, 0.15) is 11.3 Å². The highest BCUT2D eigenvalue weighted by molar-refractivity contribution is 7.83. The van der Waals surface area contributed by atoms with Gasteiger partial charge >= 0.3 is 0 Å². The summed E-state index contributed by atoms with van der Waals surface area (Å²) in [6, 6.07) is 13.0. The molecule has 0 saturated heterocycles. The average molecular weight is 313 g/mol. The predicted molar refractivity (Wildman–Crippen MR) is 96.7 cm³/mol. The molecule has 0 fully saturated rings. The van der Waals surface area contributed by atoms with Crippen molar-refractivity contribution in [3.63, 3.8) is 0 Å². The first kappa shape index (κ1) is 17.5. The van der Waals surface area contributed by atoms with E-state index in [1.807, 2.05) is 30.3 Å². The Morgan fingerprint density at radius 2 is 2.05 bits per heavy atom. The van der Waals surface area contributed by atoms with Gasteiger partial charge in [0, 0.05) is 11.9 Å². The van der Waals surface area contributed by atoms with Gasteiger partial charge in [-0.1, -0.05) is 24.8 Å². The molecule has 0 bridgehead atoms. The zero-order chi connectivity index (χ0) is 16.4. The molecule has 0 unspecified atom stereocenters. The van der Waals surface area contributed by atoms with Crippen molar-refractivity contribution < 1.29 is 0 Å². The van der Waals surface area contributed by atoms with E-state index < -0.39 is 0 Å². The Morgan fingerprint density at radius 1 is 1.27 bits per heavy atom. The largest absolute Gasteiger partial charge is 0.382 e. The first-order chi connectivity index (χ1) is 10.6. The minimum atomic E-state index is 0.00981. The van der Waals surface area contributed by atoms with Gasteiger partial charge in [0.25, 0.3) is 0 Å². The number of amidine groups is 1. The van der Waals surface area contributed by atoms with E-state index in [0.717, 1.165) is 16.8 Å². The summed E-state index contributed by atoms with van der Waals surface area (Å²) in [4.78, 5) is 3.83. The number of hydrogen-bond donors (Lipinski definition) is 5. The maximum absolute atomic E-state index is 6.95. The fourth-order valence-corrected chi connectivity index (χ4v) is 1.70. The lowest BCUT2D eigenvalue weighted by atomic mass is 10.1. The van der Waals surface area contributed by atoms with Gasteiger partial charge in [0.05, 0.1) is 0 Å². The van der Waals surface area contributed by atoms with Crippen molar-refractivity contribution in [3.8, 4) is 0 Å². The number of rotatable bonds is 4. The van der Waals surface area contributed by atoms with Crippen LogP contribution in [0, 0.1) is 5.41 Å². The topological polar surface area (TPSA) is 101 Å². The van der Waals surface area contributed by atoms with Gasteiger partial charge in [0.15, 0.2) is 0 Å². The molecule has 0 spiro atoms. The van der Waals surface area contributed by atoms with Crippen LogP contribution in [0.5, 0.6) is 0 Å². The normalized spacial score (nSPS) is 9.73. The van der Waals surface area contributed by atoms with Gasteiger partial charge in [-0.15, -0.1) is 0 Å². The van der Waals surface area contributed by atoms with Crippen molar-refractivity contribution in [2.75, 3.05) is 5.43 Å². The highest BCUT2D eigenvalue weighted by atomic mass is 32.1. The van der Waals surface area contributed by atoms with Gasteiger partial charge < -0.3 is 11.2 Å². The van der Waals surface area contributed by atoms with Crippen LogP contribution in [-0.4, -0.2) is 10.8 Å².